The van der Waals surface area contributed by atoms with Crippen LogP contribution in [0.3, 0.4) is 0 Å². The minimum absolute atomic E-state index is 0. The van der Waals surface area contributed by atoms with Crippen LogP contribution < -0.4 is 0 Å². The molecule has 0 aromatic heterocycles. The number of nitrogens with zero attached hydrogens (tertiary/aromatic N) is 1. The van der Waals surface area contributed by atoms with Gasteiger partial charge in [-0.05, 0) is 13.8 Å². The van der Waals surface area contributed by atoms with Crippen LogP contribution in [0.5, 0.6) is 0 Å². The number of hydrogen-bond donors (Lipinski definition) is 4. The van der Waals surface area contributed by atoms with E-state index in [9.17, 15) is 4.79 Å². The van der Waals surface area contributed by atoms with Gasteiger partial charge in [-0.15, -0.1) is 10.1 Å². The van der Waals surface area contributed by atoms with E-state index >= 15 is 0 Å². The van der Waals surface area contributed by atoms with Gasteiger partial charge < -0.3 is 20.5 Å². The fraction of sp³-hybridized carbons (Fsp3) is 0.833. The number of carbonyl (C=O) groups is 1. The Morgan fingerprint density at radius 3 is 1.93 bits per heavy atom. The summed E-state index contributed by atoms with van der Waals surface area (Å²) in [5, 5.41) is 39.7. The second-order valence-corrected chi connectivity index (χ2v) is 2.87. The number of aliphatic hydroxyl groups is 2. The van der Waals surface area contributed by atoms with E-state index in [1.54, 1.807) is 0 Å². The molecule has 4 N–H and O–H groups in total. The van der Waals surface area contributed by atoms with E-state index in [0.29, 0.717) is 0 Å². The van der Waals surface area contributed by atoms with Crippen molar-refractivity contribution >= 4 is 32.2 Å². The van der Waals surface area contributed by atoms with Crippen molar-refractivity contribution in [2.24, 2.45) is 0 Å². The van der Waals surface area contributed by atoms with Crippen molar-refractivity contribution in [2.75, 3.05) is 0 Å². The quantitative estimate of drug-likeness (QED) is 0.235. The predicted octanol–water partition coefficient (Wildman–Crippen LogP) is -1.94. The zero-order chi connectivity index (χ0) is 11.9. The number of hydrogen-bond acceptors (Lipinski definition) is 5. The van der Waals surface area contributed by atoms with Crippen LogP contribution in [0.1, 0.15) is 20.3 Å². The van der Waals surface area contributed by atoms with E-state index < -0.39 is 22.8 Å². The fourth-order valence-corrected chi connectivity index (χ4v) is 0.663. The molecule has 0 saturated heterocycles. The van der Waals surface area contributed by atoms with Gasteiger partial charge in [0.05, 0.1) is 6.10 Å². The summed E-state index contributed by atoms with van der Waals surface area (Å²) < 4.78 is 0. The molecule has 0 amide bonds. The van der Waals surface area contributed by atoms with Crippen LogP contribution in [0.2, 0.25) is 0 Å². The topological polar surface area (TPSA) is 141 Å². The number of rotatable bonds is 3. The molecule has 9 heteroatoms. The molecule has 0 fully saturated rings. The fourth-order valence-electron chi connectivity index (χ4n) is 0.663. The number of carboxylic acid groups (broad SMARTS) is 1. The monoisotopic (exact) mass is 423 g/mol. The van der Waals surface area contributed by atoms with Gasteiger partial charge in [-0.2, -0.15) is 0 Å². The molecule has 0 aromatic carbocycles. The first-order chi connectivity index (χ1) is 6.09. The van der Waals surface area contributed by atoms with Gasteiger partial charge in [0.25, 0.3) is 5.09 Å². The molecule has 0 rings (SSSR count). The van der Waals surface area contributed by atoms with Gasteiger partial charge in [0.1, 0.15) is 0 Å². The molecule has 2 unspecified atom stereocenters. The Labute approximate surface area is 105 Å². The molecule has 0 radical (unpaired) electrons. The summed E-state index contributed by atoms with van der Waals surface area (Å²) in [5.74, 6) is -1.31. The van der Waals surface area contributed by atoms with E-state index in [1.807, 2.05) is 0 Å². The van der Waals surface area contributed by atoms with Crippen LogP contribution in [0, 0.1) is 10.1 Å². The van der Waals surface area contributed by atoms with Crippen LogP contribution in [0.25, 0.3) is 0 Å². The average Bonchev–Trinajstić information content (AvgIpc) is 1.81. The van der Waals surface area contributed by atoms with Crippen LogP contribution in [0.4, 0.5) is 0 Å². The van der Waals surface area contributed by atoms with E-state index in [0.717, 1.165) is 6.92 Å². The molecule has 92 valence electrons. The Kier molecular flexibility index (Phi) is 11.6. The van der Waals surface area contributed by atoms with Crippen LogP contribution >= 0.6 is 0 Å². The Hall–Kier alpha value is -0.527. The second kappa shape index (κ2) is 8.76. The zero-order valence-corrected chi connectivity index (χ0v) is 14.0. The van der Waals surface area contributed by atoms with E-state index in [4.69, 9.17) is 30.6 Å². The van der Waals surface area contributed by atoms with Gasteiger partial charge in [-0.1, -0.05) is 0 Å². The summed E-state index contributed by atoms with van der Waals surface area (Å²) in [5.41, 5.74) is -1.81. The first-order valence-corrected chi connectivity index (χ1v) is 3.56. The van der Waals surface area contributed by atoms with Gasteiger partial charge >= 0.3 is 32.2 Å². The molecule has 0 spiro atoms. The molecule has 15 heavy (non-hydrogen) atoms. The van der Waals surface area contributed by atoms with Crippen molar-refractivity contribution in [2.45, 2.75) is 32.0 Å². The summed E-state index contributed by atoms with van der Waals surface area (Å²) in [6.07, 6.45) is -0.950. The van der Waals surface area contributed by atoms with Gasteiger partial charge in [0.2, 0.25) is 0 Å². The van der Waals surface area contributed by atoms with E-state index in [2.05, 4.69) is 0 Å². The second-order valence-electron chi connectivity index (χ2n) is 2.87. The Morgan fingerprint density at radius 2 is 1.87 bits per heavy atom. The van der Waals surface area contributed by atoms with Crippen LogP contribution in [0.15, 0.2) is 0 Å². The van der Waals surface area contributed by atoms with E-state index in [-0.39, 0.29) is 32.6 Å². The normalized spacial score (nSPS) is 14.7. The standard InChI is InChI=1S/C6H12O4.Bi.HNO3.3H/c1-4(7)3-6(2,10)5(8)9;;2-1(3)4;;;/h4,7,10H,3H2,1-2H3,(H,8,9);;(H,2,3,4);;;. The molecular weight excluding hydrogens is 407 g/mol. The minimum atomic E-state index is -1.81. The van der Waals surface area contributed by atoms with Gasteiger partial charge in [0.15, 0.2) is 5.60 Å². The Morgan fingerprint density at radius 1 is 1.60 bits per heavy atom. The molecule has 8 nitrogen and oxygen atoms in total. The van der Waals surface area contributed by atoms with Crippen molar-refractivity contribution in [1.29, 1.82) is 0 Å². The average molecular weight is 423 g/mol. The first kappa shape index (κ1) is 20.0. The maximum atomic E-state index is 10.2. The van der Waals surface area contributed by atoms with E-state index in [1.165, 1.54) is 6.92 Å². The van der Waals surface area contributed by atoms with Crippen molar-refractivity contribution in [1.82, 2.24) is 0 Å². The third kappa shape index (κ3) is 16.2. The predicted molar refractivity (Wildman–Crippen MR) is 53.3 cm³/mol. The molecule has 0 aliphatic carbocycles. The third-order valence-electron chi connectivity index (χ3n) is 1.15. The summed E-state index contributed by atoms with van der Waals surface area (Å²) in [7, 11) is 0. The van der Waals surface area contributed by atoms with Gasteiger partial charge in [-0.3, -0.25) is 0 Å². The van der Waals surface area contributed by atoms with Gasteiger partial charge in [0, 0.05) is 6.42 Å². The molecule has 2 atom stereocenters. The maximum absolute atomic E-state index is 10.2. The summed E-state index contributed by atoms with van der Waals surface area (Å²) in [4.78, 5) is 18.6. The summed E-state index contributed by atoms with van der Waals surface area (Å²) in [6.45, 7) is 2.58. The van der Waals surface area contributed by atoms with Gasteiger partial charge in [-0.25, -0.2) is 4.79 Å². The number of carboxylic acids is 1. The summed E-state index contributed by atoms with van der Waals surface area (Å²) >= 11 is 0. The third-order valence-corrected chi connectivity index (χ3v) is 1.15. The van der Waals surface area contributed by atoms with Crippen LogP contribution in [-0.2, 0) is 4.79 Å². The number of aliphatic carboxylic acids is 1. The van der Waals surface area contributed by atoms with Crippen molar-refractivity contribution in [3.8, 4) is 0 Å². The van der Waals surface area contributed by atoms with Crippen LogP contribution in [-0.4, -0.2) is 69.5 Å². The Balaban J connectivity index is -0.000000249. The molecule has 0 aliphatic rings. The molecule has 0 bridgehead atoms. The molecule has 0 heterocycles. The molecule has 0 aliphatic heterocycles. The first-order valence-electron chi connectivity index (χ1n) is 3.56. The molecular formula is C6H16BiNO7. The molecule has 0 saturated carbocycles. The zero-order valence-electron chi connectivity index (χ0n) is 8.45. The SMILES string of the molecule is CC(O)CC(C)(O)C(=O)O.O=[N+]([O-])O.[BiH3]. The summed E-state index contributed by atoms with van der Waals surface area (Å²) in [6, 6.07) is 0. The molecule has 0 aromatic rings. The van der Waals surface area contributed by atoms with Crippen molar-refractivity contribution in [3.63, 3.8) is 0 Å². The Bertz CT molecular complexity index is 202. The van der Waals surface area contributed by atoms with Crippen molar-refractivity contribution in [3.05, 3.63) is 10.1 Å². The van der Waals surface area contributed by atoms with Crippen molar-refractivity contribution < 1.29 is 30.4 Å². The number of aliphatic hydroxyl groups excluding tert-OH is 1.